The van der Waals surface area contributed by atoms with E-state index < -0.39 is 35.8 Å². The summed E-state index contributed by atoms with van der Waals surface area (Å²) in [5.41, 5.74) is 0.520. The minimum atomic E-state index is -4.80. The average molecular weight is 361 g/mol. The number of halogens is 3. The molecule has 0 bridgehead atoms. The second-order valence-corrected chi connectivity index (χ2v) is 5.50. The summed E-state index contributed by atoms with van der Waals surface area (Å²) >= 11 is 3.51. The Hall–Kier alpha value is -2.16. The number of aliphatic carboxylic acids is 1. The molecular weight excluding hydrogens is 347 g/mol. The number of hydrogen-bond acceptors (Lipinski definition) is 4. The predicted octanol–water partition coefficient (Wildman–Crippen LogP) is 2.65. The molecular formula is C15H14F3NO4S. The first kappa shape index (κ1) is 18.2. The monoisotopic (exact) mass is 361 g/mol. The number of benzene rings is 1. The van der Waals surface area contributed by atoms with Crippen molar-refractivity contribution in [3.63, 3.8) is 0 Å². The van der Waals surface area contributed by atoms with E-state index >= 15 is 0 Å². The lowest BCUT2D eigenvalue weighted by Gasteiger charge is -2.20. The predicted molar refractivity (Wildman–Crippen MR) is 82.9 cm³/mol. The van der Waals surface area contributed by atoms with Gasteiger partial charge in [0.15, 0.2) is 0 Å². The van der Waals surface area contributed by atoms with E-state index in [1.807, 2.05) is 5.32 Å². The van der Waals surface area contributed by atoms with Gasteiger partial charge in [-0.3, -0.25) is 4.79 Å². The Bertz CT molecular complexity index is 711. The van der Waals surface area contributed by atoms with Gasteiger partial charge < -0.3 is 14.8 Å². The third-order valence-corrected chi connectivity index (χ3v) is 3.76. The van der Waals surface area contributed by atoms with Crippen molar-refractivity contribution in [2.75, 3.05) is 5.75 Å². The number of carboxylic acids is 1. The van der Waals surface area contributed by atoms with E-state index in [1.54, 1.807) is 30.3 Å². The van der Waals surface area contributed by atoms with Gasteiger partial charge in [-0.25, -0.2) is 4.79 Å². The van der Waals surface area contributed by atoms with E-state index in [-0.39, 0.29) is 12.2 Å². The molecule has 1 aromatic heterocycles. The molecule has 0 aliphatic heterocycles. The van der Waals surface area contributed by atoms with Gasteiger partial charge in [0.05, 0.1) is 0 Å². The second kappa shape index (κ2) is 7.16. The summed E-state index contributed by atoms with van der Waals surface area (Å²) in [6.07, 6.45) is -5.07. The molecule has 2 aromatic rings. The highest BCUT2D eigenvalue weighted by atomic mass is 32.1. The van der Waals surface area contributed by atoms with Gasteiger partial charge in [0, 0.05) is 17.6 Å². The first-order chi connectivity index (χ1) is 11.2. The minimum absolute atomic E-state index is 0.248. The van der Waals surface area contributed by atoms with Crippen LogP contribution in [0.2, 0.25) is 0 Å². The van der Waals surface area contributed by atoms with Crippen molar-refractivity contribution < 1.29 is 32.3 Å². The highest BCUT2D eigenvalue weighted by Gasteiger charge is 2.44. The highest BCUT2D eigenvalue weighted by molar-refractivity contribution is 7.80. The van der Waals surface area contributed by atoms with Gasteiger partial charge in [0.1, 0.15) is 23.3 Å². The first-order valence-electron chi connectivity index (χ1n) is 6.90. The number of carbonyl (C=O) groups excluding carboxylic acids is 1. The number of hydrogen-bond donors (Lipinski definition) is 3. The number of furan rings is 1. The maximum absolute atomic E-state index is 12.7. The number of rotatable bonds is 6. The minimum Gasteiger partial charge on any atom is -0.480 e. The molecule has 5 nitrogen and oxygen atoms in total. The number of para-hydroxylation sites is 1. The third-order valence-electron chi connectivity index (χ3n) is 3.39. The largest absolute Gasteiger partial charge is 0.480 e. The number of fused-ring (bicyclic) bond motifs is 1. The zero-order chi connectivity index (χ0) is 17.9. The van der Waals surface area contributed by atoms with E-state index in [2.05, 4.69) is 12.6 Å². The Morgan fingerprint density at radius 2 is 1.96 bits per heavy atom. The van der Waals surface area contributed by atoms with Crippen LogP contribution in [0.1, 0.15) is 5.76 Å². The maximum Gasteiger partial charge on any atom is 0.401 e. The number of nitrogens with one attached hydrogen (secondary N) is 1. The highest BCUT2D eigenvalue weighted by Crippen LogP contribution is 2.27. The molecule has 2 N–H and O–H groups in total. The summed E-state index contributed by atoms with van der Waals surface area (Å²) in [5, 5.41) is 11.8. The van der Waals surface area contributed by atoms with Crippen molar-refractivity contribution in [3.8, 4) is 0 Å². The van der Waals surface area contributed by atoms with E-state index in [4.69, 9.17) is 9.52 Å². The fraction of sp³-hybridized carbons (Fsp3) is 0.333. The molecule has 24 heavy (non-hydrogen) atoms. The van der Waals surface area contributed by atoms with Gasteiger partial charge in [0.2, 0.25) is 5.91 Å². The van der Waals surface area contributed by atoms with Crippen LogP contribution in [0.15, 0.2) is 34.7 Å². The van der Waals surface area contributed by atoms with Crippen molar-refractivity contribution in [1.29, 1.82) is 0 Å². The van der Waals surface area contributed by atoms with Gasteiger partial charge in [-0.05, 0) is 12.1 Å². The number of thiol groups is 1. The lowest BCUT2D eigenvalue weighted by atomic mass is 10.1. The van der Waals surface area contributed by atoms with Crippen molar-refractivity contribution in [2.24, 2.45) is 5.92 Å². The Morgan fingerprint density at radius 3 is 2.50 bits per heavy atom. The molecule has 0 saturated heterocycles. The van der Waals surface area contributed by atoms with Crippen LogP contribution in [-0.4, -0.2) is 35.0 Å². The fourth-order valence-electron chi connectivity index (χ4n) is 2.15. The molecule has 0 spiro atoms. The molecule has 2 atom stereocenters. The molecule has 0 radical (unpaired) electrons. The van der Waals surface area contributed by atoms with Gasteiger partial charge in [0.25, 0.3) is 0 Å². The Balaban J connectivity index is 2.14. The van der Waals surface area contributed by atoms with Crippen LogP contribution < -0.4 is 5.32 Å². The first-order valence-corrected chi connectivity index (χ1v) is 7.54. The Kier molecular flexibility index (Phi) is 5.43. The van der Waals surface area contributed by atoms with Gasteiger partial charge in [-0.15, -0.1) is 0 Å². The van der Waals surface area contributed by atoms with E-state index in [1.165, 1.54) is 0 Å². The quantitative estimate of drug-likeness (QED) is 0.691. The second-order valence-electron chi connectivity index (χ2n) is 5.13. The molecule has 9 heteroatoms. The lowest BCUT2D eigenvalue weighted by molar-refractivity contribution is -0.178. The summed E-state index contributed by atoms with van der Waals surface area (Å²) in [6, 6.07) is 6.95. The van der Waals surface area contributed by atoms with E-state index in [0.29, 0.717) is 5.58 Å². The van der Waals surface area contributed by atoms with Gasteiger partial charge >= 0.3 is 12.1 Å². The summed E-state index contributed by atoms with van der Waals surface area (Å²) in [5.74, 6) is -5.78. The zero-order valence-corrected chi connectivity index (χ0v) is 13.1. The molecule has 1 heterocycles. The van der Waals surface area contributed by atoms with Crippen LogP contribution in [0, 0.1) is 5.92 Å². The van der Waals surface area contributed by atoms with Crippen molar-refractivity contribution in [2.45, 2.75) is 18.6 Å². The summed E-state index contributed by atoms with van der Waals surface area (Å²) in [6.45, 7) is 0. The standard InChI is InChI=1S/C15H14F3NO4S/c16-15(17,18)10(7-24)13(20)19-11(14(21)22)6-9-5-8-3-1-2-4-12(8)23-9/h1-5,10-11,24H,6-7H2,(H,19,20)(H,21,22)/t10-,11+/m1/s1. The summed E-state index contributed by atoms with van der Waals surface area (Å²) in [4.78, 5) is 23.0. The molecule has 0 unspecified atom stereocenters. The lowest BCUT2D eigenvalue weighted by Crippen LogP contribution is -2.48. The number of carboxylic acid groups (broad SMARTS) is 1. The summed E-state index contributed by atoms with van der Waals surface area (Å²) in [7, 11) is 0. The Morgan fingerprint density at radius 1 is 1.29 bits per heavy atom. The molecule has 1 aromatic carbocycles. The maximum atomic E-state index is 12.7. The number of alkyl halides is 3. The Labute approximate surface area is 140 Å². The number of amides is 1. The van der Waals surface area contributed by atoms with Gasteiger partial charge in [-0.1, -0.05) is 18.2 Å². The van der Waals surface area contributed by atoms with Crippen molar-refractivity contribution >= 4 is 35.5 Å². The van der Waals surface area contributed by atoms with Crippen LogP contribution in [0.3, 0.4) is 0 Å². The molecule has 0 saturated carbocycles. The van der Waals surface area contributed by atoms with Crippen LogP contribution >= 0.6 is 12.6 Å². The number of carbonyl (C=O) groups is 2. The van der Waals surface area contributed by atoms with Crippen LogP contribution in [0.5, 0.6) is 0 Å². The van der Waals surface area contributed by atoms with Crippen molar-refractivity contribution in [3.05, 3.63) is 36.1 Å². The molecule has 0 aliphatic carbocycles. The molecule has 2 rings (SSSR count). The molecule has 0 fully saturated rings. The van der Waals surface area contributed by atoms with Crippen molar-refractivity contribution in [1.82, 2.24) is 5.32 Å². The summed E-state index contributed by atoms with van der Waals surface area (Å²) < 4.78 is 43.6. The fourth-order valence-corrected chi connectivity index (χ4v) is 2.52. The van der Waals surface area contributed by atoms with Gasteiger partial charge in [-0.2, -0.15) is 25.8 Å². The van der Waals surface area contributed by atoms with E-state index in [0.717, 1.165) is 5.39 Å². The third kappa shape index (κ3) is 4.22. The van der Waals surface area contributed by atoms with Crippen LogP contribution in [0.4, 0.5) is 13.2 Å². The zero-order valence-electron chi connectivity index (χ0n) is 12.2. The van der Waals surface area contributed by atoms with Crippen LogP contribution in [0.25, 0.3) is 11.0 Å². The average Bonchev–Trinajstić information content (AvgIpc) is 2.87. The SMILES string of the molecule is O=C(O)[C@H](Cc1cc2ccccc2o1)NC(=O)[C@@H](CS)C(F)(F)F. The molecule has 130 valence electrons. The topological polar surface area (TPSA) is 79.5 Å². The molecule has 0 aliphatic rings. The molecule has 1 amide bonds. The smallest absolute Gasteiger partial charge is 0.401 e. The van der Waals surface area contributed by atoms with E-state index in [9.17, 15) is 22.8 Å². The van der Waals surface area contributed by atoms with Crippen LogP contribution in [-0.2, 0) is 16.0 Å². The normalized spacial score (nSPS) is 14.3.